The standard InChI is InChI=1S/C69H122N26O12/c1-14-37(11)52(64(106)90-47(30-40-31-83-42-22-17-16-21-41(40)42)59(101)86-43(23-18-26-80-66(72)73)57(99)91-48(54(71)96)32-84-69(78)79)94-58(100)45(25-20-28-82-68(76)77)88-63(105)51(36(9)10)92-55(97)39(13)85-62(104)50(35(7)8)93-65(107)53(38(12)15-2)95-60(102)46(29-33(3)4)89-56(98)44(24-19-27-81-67(74)75)87-61(103)49(70)34(5)6/h16-17,21-22,31,33-39,43-53,83H,14-15,18-20,23-30,32,70H2,1-13H3,(H2,71,96)(H,85,104)(H,86,101)(H,87,103)(H,88,105)(H,89,98)(H,90,106)(H,91,99)(H,92,97)(H,93,107)(H,94,100)(H,95,102)(H4,72,73,80)(H4,74,75,81)(H4,76,77,82)(H4,78,79,84)/t37-,38-,39-,43-,44-,45-,46-,47-,48-,49-,50-,51-,52-,53-/m0/s1. The molecule has 1 aromatic carbocycles. The van der Waals surface area contributed by atoms with E-state index >= 15 is 0 Å². The number of nitrogens with zero attached hydrogens (tertiary/aromatic N) is 4. The normalized spacial score (nSPS) is 15.2. The molecule has 14 atom stereocenters. The summed E-state index contributed by atoms with van der Waals surface area (Å²) in [5.74, 6) is -13.5. The minimum absolute atomic E-state index is 0.00313. The molecular weight excluding hydrogens is 1380 g/mol. The van der Waals surface area contributed by atoms with Gasteiger partial charge in [-0.05, 0) is 99.0 Å². The fourth-order valence-corrected chi connectivity index (χ4v) is 10.9. The predicted molar refractivity (Wildman–Crippen MR) is 409 cm³/mol. The first kappa shape index (κ1) is 92.5. The second-order valence-electron chi connectivity index (χ2n) is 28.3. The van der Waals surface area contributed by atoms with Crippen molar-refractivity contribution in [3.63, 3.8) is 0 Å². The Labute approximate surface area is 626 Å². The Hall–Kier alpha value is -10.6. The maximum Gasteiger partial charge on any atom is 0.243 e. The number of amides is 12. The van der Waals surface area contributed by atoms with Gasteiger partial charge in [0.05, 0.1) is 12.6 Å². The van der Waals surface area contributed by atoms with Gasteiger partial charge < -0.3 is 121 Å². The number of hydrogen-bond acceptors (Lipinski definition) is 17. The van der Waals surface area contributed by atoms with E-state index in [4.69, 9.17) is 57.3 Å². The van der Waals surface area contributed by atoms with E-state index in [0.29, 0.717) is 29.3 Å². The second-order valence-corrected chi connectivity index (χ2v) is 28.3. The van der Waals surface area contributed by atoms with Crippen molar-refractivity contribution in [1.82, 2.24) is 63.5 Å². The molecule has 12 amide bonds. The fraction of sp³-hybridized carbons (Fsp3) is 0.652. The zero-order chi connectivity index (χ0) is 81.1. The Bertz CT molecular complexity index is 3410. The molecule has 0 unspecified atom stereocenters. The second kappa shape index (κ2) is 46.4. The number of primary amides is 1. The molecule has 38 nitrogen and oxygen atoms in total. The van der Waals surface area contributed by atoms with Crippen LogP contribution in [-0.2, 0) is 64.0 Å². The first-order valence-corrected chi connectivity index (χ1v) is 36.3. The maximum atomic E-state index is 14.9. The van der Waals surface area contributed by atoms with Crippen molar-refractivity contribution in [3.05, 3.63) is 36.0 Å². The van der Waals surface area contributed by atoms with Gasteiger partial charge in [0.2, 0.25) is 70.9 Å². The van der Waals surface area contributed by atoms with Gasteiger partial charge in [-0.25, -0.2) is 0 Å². The van der Waals surface area contributed by atoms with E-state index in [1.807, 2.05) is 13.8 Å². The molecule has 0 aliphatic heterocycles. The average molecular weight is 1510 g/mol. The SMILES string of the molecule is CC[C@H](C)[C@H](NC(=O)[C@H](CCCN=C(N)N)NC(=O)[C@@H](NC(=O)[C@H](C)NC(=O)[C@@H](NC(=O)[C@@H](NC(=O)[C@H](CC(C)C)NC(=O)[C@H](CCCN=C(N)N)NC(=O)[C@@H](N)C(C)C)[C@@H](C)CC)C(C)C)C(C)C)C(=O)N[C@@H](Cc1c[nH]c2ccccc12)C(=O)N[C@@H](CCCN=C(N)N)C(=O)N[C@@H](CN=C(N)N)C(N)=O. The van der Waals surface area contributed by atoms with Crippen molar-refractivity contribution in [1.29, 1.82) is 0 Å². The van der Waals surface area contributed by atoms with E-state index in [9.17, 15) is 57.5 Å². The van der Waals surface area contributed by atoms with Crippen molar-refractivity contribution >= 4 is 106 Å². The first-order chi connectivity index (χ1) is 50.1. The Morgan fingerprint density at radius 3 is 1.18 bits per heavy atom. The van der Waals surface area contributed by atoms with Gasteiger partial charge in [0, 0.05) is 43.2 Å². The summed E-state index contributed by atoms with van der Waals surface area (Å²) in [5, 5.41) is 30.4. The third-order valence-electron chi connectivity index (χ3n) is 17.8. The van der Waals surface area contributed by atoms with Gasteiger partial charge in [-0.1, -0.05) is 114 Å². The predicted octanol–water partition coefficient (Wildman–Crippen LogP) is -4.58. The number of carbonyl (C=O) groups excluding carboxylic acids is 12. The number of fused-ring (bicyclic) bond motifs is 1. The van der Waals surface area contributed by atoms with Gasteiger partial charge in [0.25, 0.3) is 0 Å². The zero-order valence-corrected chi connectivity index (χ0v) is 64.1. The highest BCUT2D eigenvalue weighted by Gasteiger charge is 2.39. The number of rotatable bonds is 48. The van der Waals surface area contributed by atoms with Gasteiger partial charge >= 0.3 is 0 Å². The Kier molecular flexibility index (Phi) is 40.1. The van der Waals surface area contributed by atoms with Crippen LogP contribution in [0.4, 0.5) is 0 Å². The fourth-order valence-electron chi connectivity index (χ4n) is 10.9. The van der Waals surface area contributed by atoms with Crippen LogP contribution in [0.2, 0.25) is 0 Å². The van der Waals surface area contributed by atoms with Crippen LogP contribution in [0.15, 0.2) is 50.4 Å². The molecule has 0 spiro atoms. The molecule has 0 fully saturated rings. The van der Waals surface area contributed by atoms with Crippen molar-refractivity contribution in [2.24, 2.45) is 113 Å². The lowest BCUT2D eigenvalue weighted by atomic mass is 9.95. The highest BCUT2D eigenvalue weighted by molar-refractivity contribution is 6.00. The van der Waals surface area contributed by atoms with E-state index in [2.05, 4.69) is 83.4 Å². The topological polar surface area (TPSA) is 663 Å². The molecule has 32 N–H and O–H groups in total. The van der Waals surface area contributed by atoms with Crippen LogP contribution in [0.25, 0.3) is 10.9 Å². The van der Waals surface area contributed by atoms with Gasteiger partial charge in [-0.15, -0.1) is 0 Å². The van der Waals surface area contributed by atoms with E-state index in [0.717, 1.165) is 0 Å². The molecule has 600 valence electrons. The summed E-state index contributed by atoms with van der Waals surface area (Å²) in [6.45, 7) is 21.8. The van der Waals surface area contributed by atoms with Crippen molar-refractivity contribution < 1.29 is 57.5 Å². The molecule has 2 aromatic rings. The number of benzene rings is 1. The lowest BCUT2D eigenvalue weighted by molar-refractivity contribution is -0.137. The molecule has 0 radical (unpaired) electrons. The van der Waals surface area contributed by atoms with E-state index < -0.39 is 174 Å². The van der Waals surface area contributed by atoms with Crippen LogP contribution < -0.4 is 116 Å². The number of nitrogens with one attached hydrogen (secondary N) is 12. The molecule has 107 heavy (non-hydrogen) atoms. The first-order valence-electron chi connectivity index (χ1n) is 36.3. The minimum atomic E-state index is -1.46. The van der Waals surface area contributed by atoms with Crippen LogP contribution in [-0.4, -0.2) is 198 Å². The number of aromatic nitrogens is 1. The highest BCUT2D eigenvalue weighted by atomic mass is 16.2. The minimum Gasteiger partial charge on any atom is -0.370 e. The van der Waals surface area contributed by atoms with Crippen LogP contribution >= 0.6 is 0 Å². The average Bonchev–Trinajstić information content (AvgIpc) is 1.80. The Morgan fingerprint density at radius 1 is 0.393 bits per heavy atom. The number of nitrogens with two attached hydrogens (primary N) is 10. The molecule has 0 bridgehead atoms. The number of hydrogen-bond donors (Lipinski definition) is 22. The molecule has 0 aliphatic carbocycles. The molecule has 1 heterocycles. The van der Waals surface area contributed by atoms with E-state index in [1.165, 1.54) is 6.92 Å². The lowest BCUT2D eigenvalue weighted by Gasteiger charge is -2.31. The summed E-state index contributed by atoms with van der Waals surface area (Å²) in [5.41, 5.74) is 57.2. The van der Waals surface area contributed by atoms with E-state index in [1.54, 1.807) is 99.7 Å². The number of carbonyl (C=O) groups is 12. The van der Waals surface area contributed by atoms with Crippen molar-refractivity contribution in [2.45, 2.75) is 227 Å². The van der Waals surface area contributed by atoms with Crippen LogP contribution in [0.1, 0.15) is 153 Å². The monoisotopic (exact) mass is 1510 g/mol. The molecule has 0 aliphatic rings. The van der Waals surface area contributed by atoms with Crippen molar-refractivity contribution in [3.8, 4) is 0 Å². The van der Waals surface area contributed by atoms with E-state index in [-0.39, 0.29) is 107 Å². The number of H-pyrrole nitrogens is 1. The quantitative estimate of drug-likeness (QED) is 0.0168. The number of aromatic amines is 1. The summed E-state index contributed by atoms with van der Waals surface area (Å²) in [7, 11) is 0. The third kappa shape index (κ3) is 32.8. The van der Waals surface area contributed by atoms with Crippen LogP contribution in [0, 0.1) is 35.5 Å². The van der Waals surface area contributed by atoms with Gasteiger partial charge in [-0.3, -0.25) is 77.5 Å². The number of aliphatic imine (C=N–C) groups is 4. The van der Waals surface area contributed by atoms with Crippen LogP contribution in [0.5, 0.6) is 0 Å². The Balaban J connectivity index is 2.51. The molecule has 2 rings (SSSR count). The van der Waals surface area contributed by atoms with Crippen LogP contribution in [0.3, 0.4) is 0 Å². The lowest BCUT2D eigenvalue weighted by Crippen LogP contribution is -2.62. The van der Waals surface area contributed by atoms with Gasteiger partial charge in [0.1, 0.15) is 66.5 Å². The smallest absolute Gasteiger partial charge is 0.243 e. The molecular formula is C69H122N26O12. The summed E-state index contributed by atoms with van der Waals surface area (Å²) in [6, 6.07) is -8.47. The summed E-state index contributed by atoms with van der Waals surface area (Å²) in [4.78, 5) is 189. The maximum absolute atomic E-state index is 14.9. The number of para-hydroxylation sites is 1. The molecule has 38 heteroatoms. The summed E-state index contributed by atoms with van der Waals surface area (Å²) < 4.78 is 0. The summed E-state index contributed by atoms with van der Waals surface area (Å²) in [6.07, 6.45) is 2.66. The molecule has 0 saturated heterocycles. The zero-order valence-electron chi connectivity index (χ0n) is 64.1. The highest BCUT2D eigenvalue weighted by Crippen LogP contribution is 2.21. The third-order valence-corrected chi connectivity index (χ3v) is 17.8. The molecule has 0 saturated carbocycles. The molecule has 1 aromatic heterocycles. The van der Waals surface area contributed by atoms with Gasteiger partial charge in [0.15, 0.2) is 23.8 Å². The summed E-state index contributed by atoms with van der Waals surface area (Å²) >= 11 is 0. The number of guanidine groups is 4. The van der Waals surface area contributed by atoms with Crippen molar-refractivity contribution in [2.75, 3.05) is 26.2 Å². The van der Waals surface area contributed by atoms with Gasteiger partial charge in [-0.2, -0.15) is 0 Å². The Morgan fingerprint density at radius 2 is 0.748 bits per heavy atom. The largest absolute Gasteiger partial charge is 0.370 e.